The van der Waals surface area contributed by atoms with E-state index in [4.69, 9.17) is 16.6 Å². The zero-order valence-electron chi connectivity index (χ0n) is 51.6. The third kappa shape index (κ3) is 22.5. The number of carbonyl (C=O) groups excluding carboxylic acids is 13. The summed E-state index contributed by atoms with van der Waals surface area (Å²) in [5.74, 6) is -13.9. The number of aliphatic hydroxyl groups is 2. The third-order valence-electron chi connectivity index (χ3n) is 15.5. The fourth-order valence-electron chi connectivity index (χ4n) is 10.2. The number of carboxylic acid groups (broad SMARTS) is 1. The smallest absolute Gasteiger partial charge is 0.303 e. The fraction of sp³-hybridized carbons (Fsp3) is 0.655. The van der Waals surface area contributed by atoms with Gasteiger partial charge in [-0.1, -0.05) is 84.7 Å². The molecule has 14 atom stereocenters. The number of likely N-dealkylation sites (tertiary alicyclic amines) is 2. The highest BCUT2D eigenvalue weighted by Crippen LogP contribution is 2.23. The van der Waals surface area contributed by atoms with Crippen LogP contribution in [0.25, 0.3) is 0 Å². The van der Waals surface area contributed by atoms with Gasteiger partial charge in [-0.05, 0) is 75.7 Å². The van der Waals surface area contributed by atoms with Gasteiger partial charge in [0.15, 0.2) is 0 Å². The number of primary amides is 2. The summed E-state index contributed by atoms with van der Waals surface area (Å²) in [4.78, 5) is 190. The van der Waals surface area contributed by atoms with Crippen molar-refractivity contribution in [3.05, 3.63) is 35.9 Å². The molecule has 2 aliphatic rings. The van der Waals surface area contributed by atoms with E-state index in [0.717, 1.165) is 4.90 Å². The van der Waals surface area contributed by atoms with E-state index >= 15 is 0 Å². The number of aliphatic carboxylic acids is 1. The molecule has 2 aliphatic heterocycles. The fourth-order valence-corrected chi connectivity index (χ4v) is 10.2. The van der Waals surface area contributed by atoms with Crippen LogP contribution in [0, 0.1) is 17.8 Å². The molecule has 0 saturated carbocycles. The van der Waals surface area contributed by atoms with Gasteiger partial charge in [0.2, 0.25) is 76.8 Å². The highest BCUT2D eigenvalue weighted by molar-refractivity contribution is 6.00. The minimum Gasteiger partial charge on any atom is -0.481 e. The van der Waals surface area contributed by atoms with Gasteiger partial charge in [0.25, 0.3) is 0 Å². The minimum atomic E-state index is -1.74. The molecule has 2 saturated heterocycles. The molecular formula is C58H91N13O17. The number of aliphatic hydroxyl groups excluding tert-OH is 2. The molecule has 0 spiro atoms. The molecule has 16 N–H and O–H groups in total. The number of rotatable bonds is 35. The minimum absolute atomic E-state index is 0.00545. The number of benzene rings is 1. The van der Waals surface area contributed by atoms with Gasteiger partial charge < -0.3 is 84.4 Å². The van der Waals surface area contributed by atoms with Gasteiger partial charge in [0, 0.05) is 32.9 Å². The lowest BCUT2D eigenvalue weighted by Gasteiger charge is -2.33. The van der Waals surface area contributed by atoms with Crippen molar-refractivity contribution in [3.63, 3.8) is 0 Å². The molecule has 30 heteroatoms. The Kier molecular flexibility index (Phi) is 29.8. The topological polar surface area (TPSA) is 466 Å². The van der Waals surface area contributed by atoms with E-state index in [1.165, 1.54) is 25.7 Å². The molecule has 2 unspecified atom stereocenters. The Labute approximate surface area is 511 Å². The SMILES string of the molecule is CC[C@H](C)C(NC(=O)[C@@H]1CCCN1C(=O)[C@H](CO)NC(=O)[C@@H](NC(=O)[C@@H]1CCCN1C(=O)[C@H](Cc1ccccc1)NC(=O)[C@H](CC(N)=O)NC(=O)[C@H](CC(C)C)NC(=O)C(NC(=O)[C@H](C)NC(C)=O)[C@@H](C)O)[C@@H](C)CC)C(=O)N[C@@H](CCC(=O)O)C(N)=O. The van der Waals surface area contributed by atoms with E-state index < -0.39 is 187 Å². The molecule has 1 aromatic carbocycles. The van der Waals surface area contributed by atoms with Gasteiger partial charge in [0.1, 0.15) is 66.5 Å². The summed E-state index contributed by atoms with van der Waals surface area (Å²) in [5.41, 5.74) is 11.5. The van der Waals surface area contributed by atoms with Crippen LogP contribution in [0.4, 0.5) is 0 Å². The summed E-state index contributed by atoms with van der Waals surface area (Å²) < 4.78 is 0. The monoisotopic (exact) mass is 1240 g/mol. The first-order valence-electron chi connectivity index (χ1n) is 29.8. The van der Waals surface area contributed by atoms with Gasteiger partial charge in [-0.25, -0.2) is 0 Å². The molecule has 490 valence electrons. The Bertz CT molecular complexity index is 2660. The summed E-state index contributed by atoms with van der Waals surface area (Å²) in [6, 6.07) is -6.91. The lowest BCUT2D eigenvalue weighted by Crippen LogP contribution is -2.62. The highest BCUT2D eigenvalue weighted by atomic mass is 16.4. The second kappa shape index (κ2) is 35.5. The molecule has 0 radical (unpaired) electrons. The Morgan fingerprint density at radius 1 is 0.568 bits per heavy atom. The first-order chi connectivity index (χ1) is 41.3. The average Bonchev–Trinajstić information content (AvgIpc) is 4.15. The van der Waals surface area contributed by atoms with Crippen molar-refractivity contribution in [2.75, 3.05) is 19.7 Å². The van der Waals surface area contributed by atoms with Crippen molar-refractivity contribution in [1.29, 1.82) is 0 Å². The summed E-state index contributed by atoms with van der Waals surface area (Å²) in [6.45, 7) is 13.1. The van der Waals surface area contributed by atoms with E-state index in [0.29, 0.717) is 31.2 Å². The van der Waals surface area contributed by atoms with E-state index in [1.54, 1.807) is 71.9 Å². The van der Waals surface area contributed by atoms with Crippen LogP contribution >= 0.6 is 0 Å². The predicted octanol–water partition coefficient (Wildman–Crippen LogP) is -3.65. The molecule has 0 bridgehead atoms. The molecule has 30 nitrogen and oxygen atoms in total. The maximum Gasteiger partial charge on any atom is 0.303 e. The van der Waals surface area contributed by atoms with Crippen LogP contribution in [-0.4, -0.2) is 200 Å². The number of nitrogens with two attached hydrogens (primary N) is 2. The molecule has 88 heavy (non-hydrogen) atoms. The molecule has 2 fully saturated rings. The zero-order chi connectivity index (χ0) is 66.3. The molecule has 0 aliphatic carbocycles. The third-order valence-corrected chi connectivity index (χ3v) is 15.5. The lowest BCUT2D eigenvalue weighted by molar-refractivity contribution is -0.144. The maximum atomic E-state index is 14.8. The van der Waals surface area contributed by atoms with Crippen molar-refractivity contribution >= 4 is 82.8 Å². The number of amides is 13. The summed E-state index contributed by atoms with van der Waals surface area (Å²) in [6.07, 6.45) is -1.76. The van der Waals surface area contributed by atoms with Crippen LogP contribution in [0.15, 0.2) is 30.3 Å². The molecule has 13 amide bonds. The Morgan fingerprint density at radius 2 is 1.02 bits per heavy atom. The molecule has 3 rings (SSSR count). The number of carbonyl (C=O) groups is 14. The standard InChI is InChI=1S/C58H91N13O17/c1-10-30(5)45(54(84)62-36(48(60)78)21-22-44(76)77)67-53(83)42-20-16-24-71(42)58(88)40(28-72)66-55(85)46(31(6)11-2)68-52(82)41-19-15-23-70(41)57(87)39(26-35-17-13-12-14-18-35)65-51(81)38(27-43(59)75)63-50(80)37(25-29(3)4)64-56(86)47(33(8)73)69-49(79)32(7)61-34(9)74/h12-14,17-18,29-33,36-42,45-47,72-73H,10-11,15-16,19-28H2,1-9H3,(H2,59,75)(H2,60,78)(H,61,74)(H,62,84)(H,63,80)(H,64,86)(H,65,81)(H,66,85)(H,67,83)(H,68,82)(H,69,79)(H,76,77)/t30-,31-,32-,33+,36-,37-,38-,39-,40-,41-,42-,45?,46-,47?/m0/s1. The predicted molar refractivity (Wildman–Crippen MR) is 315 cm³/mol. The Balaban J connectivity index is 1.86. The van der Waals surface area contributed by atoms with E-state index in [1.807, 2.05) is 0 Å². The summed E-state index contributed by atoms with van der Waals surface area (Å²) in [7, 11) is 0. The number of carboxylic acids is 1. The normalized spacial score (nSPS) is 18.8. The van der Waals surface area contributed by atoms with Crippen molar-refractivity contribution in [2.24, 2.45) is 29.2 Å². The molecule has 1 aromatic rings. The van der Waals surface area contributed by atoms with Crippen LogP contribution < -0.4 is 59.3 Å². The van der Waals surface area contributed by atoms with E-state index in [9.17, 15) is 77.3 Å². The van der Waals surface area contributed by atoms with Gasteiger partial charge in [-0.3, -0.25) is 67.1 Å². The largest absolute Gasteiger partial charge is 0.481 e. The first-order valence-corrected chi connectivity index (χ1v) is 29.8. The average molecular weight is 1240 g/mol. The van der Waals surface area contributed by atoms with Gasteiger partial charge in [-0.15, -0.1) is 0 Å². The highest BCUT2D eigenvalue weighted by Gasteiger charge is 2.44. The van der Waals surface area contributed by atoms with Crippen LogP contribution in [0.2, 0.25) is 0 Å². The zero-order valence-corrected chi connectivity index (χ0v) is 51.6. The van der Waals surface area contributed by atoms with Gasteiger partial charge in [-0.2, -0.15) is 0 Å². The molecule has 2 heterocycles. The van der Waals surface area contributed by atoms with Crippen LogP contribution in [0.1, 0.15) is 132 Å². The Morgan fingerprint density at radius 3 is 1.47 bits per heavy atom. The van der Waals surface area contributed by atoms with E-state index in [-0.39, 0.29) is 51.1 Å². The maximum absolute atomic E-state index is 14.8. The summed E-state index contributed by atoms with van der Waals surface area (Å²) in [5, 5.41) is 52.8. The number of hydrogen-bond donors (Lipinski definition) is 14. The van der Waals surface area contributed by atoms with Crippen molar-refractivity contribution in [3.8, 4) is 0 Å². The van der Waals surface area contributed by atoms with Crippen molar-refractivity contribution < 1.29 is 82.4 Å². The van der Waals surface area contributed by atoms with E-state index in [2.05, 4.69) is 47.9 Å². The number of hydrogen-bond acceptors (Lipinski definition) is 16. The van der Waals surface area contributed by atoms with Gasteiger partial charge in [0.05, 0.1) is 19.1 Å². The van der Waals surface area contributed by atoms with Crippen LogP contribution in [0.3, 0.4) is 0 Å². The number of nitrogens with zero attached hydrogens (tertiary/aromatic N) is 2. The lowest BCUT2D eigenvalue weighted by atomic mass is 9.96. The quantitative estimate of drug-likeness (QED) is 0.0312. The van der Waals surface area contributed by atoms with Crippen LogP contribution in [-0.2, 0) is 73.5 Å². The van der Waals surface area contributed by atoms with Crippen molar-refractivity contribution in [1.82, 2.24) is 57.7 Å². The summed E-state index contributed by atoms with van der Waals surface area (Å²) >= 11 is 0. The van der Waals surface area contributed by atoms with Crippen molar-refractivity contribution in [2.45, 2.75) is 206 Å². The van der Waals surface area contributed by atoms with Gasteiger partial charge >= 0.3 is 5.97 Å². The van der Waals surface area contributed by atoms with Crippen LogP contribution in [0.5, 0.6) is 0 Å². The first kappa shape index (κ1) is 74.0. The molecular weight excluding hydrogens is 1150 g/mol. The Hall–Kier alpha value is -8.28. The second-order valence-electron chi connectivity index (χ2n) is 23.1. The number of nitrogens with one attached hydrogen (secondary N) is 9. The molecule has 0 aromatic heterocycles. The second-order valence-corrected chi connectivity index (χ2v) is 23.1.